The van der Waals surface area contributed by atoms with Crippen molar-refractivity contribution in [3.05, 3.63) is 36.2 Å². The summed E-state index contributed by atoms with van der Waals surface area (Å²) in [6.07, 6.45) is 2.45. The minimum absolute atomic E-state index is 0.0168. The number of hydrogen-bond acceptors (Lipinski definition) is 6. The van der Waals surface area contributed by atoms with Crippen molar-refractivity contribution in [2.75, 3.05) is 18.6 Å². The van der Waals surface area contributed by atoms with Crippen molar-refractivity contribution >= 4 is 47.6 Å². The molecule has 9 nitrogen and oxygen atoms in total. The summed E-state index contributed by atoms with van der Waals surface area (Å²) in [4.78, 5) is 18.4. The highest BCUT2D eigenvalue weighted by molar-refractivity contribution is 7.91. The molecule has 1 aromatic carbocycles. The second-order valence-electron chi connectivity index (χ2n) is 5.81. The molecule has 11 heteroatoms. The van der Waals surface area contributed by atoms with E-state index in [9.17, 15) is 21.6 Å². The molecule has 0 atom stereocenters. The van der Waals surface area contributed by atoms with E-state index in [4.69, 9.17) is 5.73 Å². The lowest BCUT2D eigenvalue weighted by molar-refractivity contribution is 0.0997. The van der Waals surface area contributed by atoms with E-state index in [1.54, 1.807) is 12.1 Å². The SMILES string of the molecule is CS(=O)(=O)CCNS(=O)(=O)c1ccc2[nH]c3c(C(N)=O)nccc3c2c1. The van der Waals surface area contributed by atoms with E-state index in [1.165, 1.54) is 18.3 Å². The predicted octanol–water partition coefficient (Wildman–Crippen LogP) is 0.138. The first kappa shape index (κ1) is 18.3. The first-order chi connectivity index (χ1) is 12.1. The number of sulfone groups is 1. The average molecular weight is 396 g/mol. The van der Waals surface area contributed by atoms with Gasteiger partial charge < -0.3 is 10.7 Å². The summed E-state index contributed by atoms with van der Waals surface area (Å²) in [5.41, 5.74) is 6.42. The van der Waals surface area contributed by atoms with Gasteiger partial charge in [-0.15, -0.1) is 0 Å². The van der Waals surface area contributed by atoms with E-state index >= 15 is 0 Å². The lowest BCUT2D eigenvalue weighted by Gasteiger charge is -2.06. The van der Waals surface area contributed by atoms with Crippen LogP contribution in [0.5, 0.6) is 0 Å². The molecule has 0 saturated heterocycles. The molecule has 2 aromatic heterocycles. The zero-order valence-corrected chi connectivity index (χ0v) is 15.3. The highest BCUT2D eigenvalue weighted by atomic mass is 32.2. The first-order valence-corrected chi connectivity index (χ1v) is 11.0. The van der Waals surface area contributed by atoms with Crippen molar-refractivity contribution in [3.8, 4) is 0 Å². The van der Waals surface area contributed by atoms with Crippen LogP contribution < -0.4 is 10.5 Å². The Labute approximate surface area is 149 Å². The maximum absolute atomic E-state index is 12.4. The van der Waals surface area contributed by atoms with E-state index in [1.807, 2.05) is 0 Å². The number of benzene rings is 1. The molecule has 0 unspecified atom stereocenters. The number of hydrogen-bond donors (Lipinski definition) is 3. The van der Waals surface area contributed by atoms with Gasteiger partial charge in [0.2, 0.25) is 10.0 Å². The predicted molar refractivity (Wildman–Crippen MR) is 97.0 cm³/mol. The van der Waals surface area contributed by atoms with Crippen LogP contribution in [0.2, 0.25) is 0 Å². The summed E-state index contributed by atoms with van der Waals surface area (Å²) < 4.78 is 49.3. The Morgan fingerprint density at radius 1 is 1.19 bits per heavy atom. The minimum Gasteiger partial charge on any atom is -0.364 e. The minimum atomic E-state index is -3.88. The molecule has 0 aliphatic heterocycles. The van der Waals surface area contributed by atoms with Crippen LogP contribution in [0.15, 0.2) is 35.4 Å². The summed E-state index contributed by atoms with van der Waals surface area (Å²) in [6, 6.07) is 6.04. The number of aromatic nitrogens is 2. The molecule has 0 aliphatic carbocycles. The third-order valence-corrected chi connectivity index (χ3v) is 6.20. The van der Waals surface area contributed by atoms with E-state index in [-0.39, 0.29) is 22.9 Å². The Bertz CT molecular complexity index is 1230. The van der Waals surface area contributed by atoms with Gasteiger partial charge in [0.05, 0.1) is 16.2 Å². The van der Waals surface area contributed by atoms with Crippen LogP contribution in [0.3, 0.4) is 0 Å². The fourth-order valence-corrected chi connectivity index (χ4v) is 4.26. The summed E-state index contributed by atoms with van der Waals surface area (Å²) in [7, 11) is -7.16. The van der Waals surface area contributed by atoms with Crippen LogP contribution in [0.25, 0.3) is 21.8 Å². The summed E-state index contributed by atoms with van der Waals surface area (Å²) >= 11 is 0. The first-order valence-electron chi connectivity index (χ1n) is 7.46. The van der Waals surface area contributed by atoms with Gasteiger partial charge in [-0.25, -0.2) is 26.5 Å². The second-order valence-corrected chi connectivity index (χ2v) is 9.83. The van der Waals surface area contributed by atoms with Gasteiger partial charge in [0.25, 0.3) is 5.91 Å². The van der Waals surface area contributed by atoms with Gasteiger partial charge in [0.15, 0.2) is 5.69 Å². The van der Waals surface area contributed by atoms with Gasteiger partial charge in [-0.3, -0.25) is 4.79 Å². The van der Waals surface area contributed by atoms with Gasteiger partial charge in [-0.1, -0.05) is 0 Å². The maximum atomic E-state index is 12.4. The van der Waals surface area contributed by atoms with Gasteiger partial charge in [-0.2, -0.15) is 0 Å². The van der Waals surface area contributed by atoms with Crippen LogP contribution in [-0.4, -0.2) is 51.3 Å². The molecule has 0 spiro atoms. The molecule has 0 aliphatic rings. The Morgan fingerprint density at radius 2 is 1.92 bits per heavy atom. The van der Waals surface area contributed by atoms with Crippen molar-refractivity contribution in [1.82, 2.24) is 14.7 Å². The summed E-state index contributed by atoms with van der Waals surface area (Å²) in [5, 5.41) is 1.19. The van der Waals surface area contributed by atoms with Crippen molar-refractivity contribution in [1.29, 1.82) is 0 Å². The Hall–Kier alpha value is -2.50. The normalized spacial score (nSPS) is 12.7. The smallest absolute Gasteiger partial charge is 0.269 e. The number of carbonyl (C=O) groups is 1. The van der Waals surface area contributed by atoms with Crippen LogP contribution >= 0.6 is 0 Å². The molecule has 26 heavy (non-hydrogen) atoms. The van der Waals surface area contributed by atoms with E-state index in [0.29, 0.717) is 21.8 Å². The molecule has 3 rings (SSSR count). The molecular weight excluding hydrogens is 380 g/mol. The number of H-pyrrole nitrogens is 1. The summed E-state index contributed by atoms with van der Waals surface area (Å²) in [6.45, 7) is -0.219. The third-order valence-electron chi connectivity index (χ3n) is 3.80. The zero-order valence-electron chi connectivity index (χ0n) is 13.7. The van der Waals surface area contributed by atoms with Gasteiger partial charge in [0.1, 0.15) is 9.84 Å². The fourth-order valence-electron chi connectivity index (χ4n) is 2.60. The van der Waals surface area contributed by atoms with Crippen LogP contribution in [0.4, 0.5) is 0 Å². The molecule has 0 bridgehead atoms. The number of fused-ring (bicyclic) bond motifs is 3. The number of aromatic amines is 1. The zero-order chi connectivity index (χ0) is 19.1. The molecule has 4 N–H and O–H groups in total. The number of primary amides is 1. The topological polar surface area (TPSA) is 152 Å². The van der Waals surface area contributed by atoms with E-state index in [2.05, 4.69) is 14.7 Å². The molecule has 3 aromatic rings. The number of amides is 1. The largest absolute Gasteiger partial charge is 0.364 e. The average Bonchev–Trinajstić information content (AvgIpc) is 2.90. The molecule has 0 radical (unpaired) electrons. The number of nitrogens with zero attached hydrogens (tertiary/aromatic N) is 1. The maximum Gasteiger partial charge on any atom is 0.269 e. The Kier molecular flexibility index (Phi) is 4.46. The second kappa shape index (κ2) is 6.34. The lowest BCUT2D eigenvalue weighted by Crippen LogP contribution is -2.28. The molecule has 2 heterocycles. The molecular formula is C15H16N4O5S2. The van der Waals surface area contributed by atoms with Gasteiger partial charge in [-0.05, 0) is 24.3 Å². The molecule has 0 fully saturated rings. The molecule has 138 valence electrons. The monoisotopic (exact) mass is 396 g/mol. The highest BCUT2D eigenvalue weighted by Crippen LogP contribution is 2.28. The van der Waals surface area contributed by atoms with E-state index < -0.39 is 25.8 Å². The highest BCUT2D eigenvalue weighted by Gasteiger charge is 2.18. The third kappa shape index (κ3) is 3.54. The number of rotatable bonds is 6. The number of pyridine rings is 1. The standard InChI is InChI=1S/C15H16N4O5S2/c1-25(21,22)7-6-18-26(23,24)9-2-3-12-11(8-9)10-4-5-17-14(15(16)20)13(10)19-12/h2-5,8,18-19H,6-7H2,1H3,(H2,16,20). The van der Waals surface area contributed by atoms with Crippen molar-refractivity contribution < 1.29 is 21.6 Å². The Balaban J connectivity index is 2.05. The lowest BCUT2D eigenvalue weighted by atomic mass is 10.1. The number of sulfonamides is 1. The van der Waals surface area contributed by atoms with Crippen molar-refractivity contribution in [2.45, 2.75) is 4.90 Å². The Morgan fingerprint density at radius 3 is 2.58 bits per heavy atom. The van der Waals surface area contributed by atoms with Crippen LogP contribution in [0, 0.1) is 0 Å². The number of nitrogens with one attached hydrogen (secondary N) is 2. The summed E-state index contributed by atoms with van der Waals surface area (Å²) in [5.74, 6) is -0.993. The quantitative estimate of drug-likeness (QED) is 0.539. The van der Waals surface area contributed by atoms with Crippen LogP contribution in [-0.2, 0) is 19.9 Å². The van der Waals surface area contributed by atoms with Gasteiger partial charge >= 0.3 is 0 Å². The number of carbonyl (C=O) groups excluding carboxylic acids is 1. The van der Waals surface area contributed by atoms with Gasteiger partial charge in [0, 0.05) is 35.3 Å². The van der Waals surface area contributed by atoms with Crippen molar-refractivity contribution in [2.24, 2.45) is 5.73 Å². The number of nitrogens with two attached hydrogens (primary N) is 1. The van der Waals surface area contributed by atoms with E-state index in [0.717, 1.165) is 6.26 Å². The van der Waals surface area contributed by atoms with Crippen molar-refractivity contribution in [3.63, 3.8) is 0 Å². The molecule has 0 saturated carbocycles. The van der Waals surface area contributed by atoms with Crippen LogP contribution in [0.1, 0.15) is 10.5 Å². The molecule has 1 amide bonds. The fraction of sp³-hybridized carbons (Fsp3) is 0.200.